The predicted octanol–water partition coefficient (Wildman–Crippen LogP) is 2.74. The zero-order valence-electron chi connectivity index (χ0n) is 14.3. The van der Waals surface area contributed by atoms with Gasteiger partial charge in [-0.15, -0.1) is 0 Å². The van der Waals surface area contributed by atoms with Gasteiger partial charge >= 0.3 is 0 Å². The summed E-state index contributed by atoms with van der Waals surface area (Å²) in [6, 6.07) is 15.1. The Bertz CT molecular complexity index is 1080. The van der Waals surface area contributed by atoms with Crippen LogP contribution in [0.1, 0.15) is 16.8 Å². The molecule has 7 heteroatoms. The molecule has 0 unspecified atom stereocenters. The molecule has 0 fully saturated rings. The molecule has 0 amide bonds. The molecular formula is C19H18N4O2S. The van der Waals surface area contributed by atoms with Crippen molar-refractivity contribution in [3.8, 4) is 11.1 Å². The van der Waals surface area contributed by atoms with Crippen LogP contribution in [-0.4, -0.2) is 22.7 Å². The summed E-state index contributed by atoms with van der Waals surface area (Å²) < 4.78 is 27.3. The maximum Gasteiger partial charge on any atom is 0.243 e. The summed E-state index contributed by atoms with van der Waals surface area (Å²) in [5, 5.41) is 0. The zero-order chi connectivity index (χ0) is 18.3. The number of nitrogens with two attached hydrogens (primary N) is 1. The highest BCUT2D eigenvalue weighted by Crippen LogP contribution is 2.29. The van der Waals surface area contributed by atoms with Gasteiger partial charge in [-0.1, -0.05) is 42.0 Å². The molecule has 1 aromatic heterocycles. The van der Waals surface area contributed by atoms with E-state index in [-0.39, 0.29) is 23.9 Å². The molecule has 0 radical (unpaired) electrons. The molecule has 4 rings (SSSR count). The Morgan fingerprint density at radius 2 is 1.81 bits per heavy atom. The second-order valence-corrected chi connectivity index (χ2v) is 8.31. The third kappa shape index (κ3) is 2.95. The minimum Gasteiger partial charge on any atom is -0.368 e. The fraction of sp³-hybridized carbons (Fsp3) is 0.158. The van der Waals surface area contributed by atoms with Gasteiger partial charge in [-0.3, -0.25) is 0 Å². The van der Waals surface area contributed by atoms with E-state index >= 15 is 0 Å². The van der Waals surface area contributed by atoms with Crippen molar-refractivity contribution in [3.05, 3.63) is 71.5 Å². The number of benzene rings is 2. The van der Waals surface area contributed by atoms with E-state index in [0.717, 1.165) is 22.3 Å². The van der Waals surface area contributed by atoms with E-state index in [2.05, 4.69) is 16.0 Å². The van der Waals surface area contributed by atoms with Gasteiger partial charge in [-0.25, -0.2) is 18.4 Å². The lowest BCUT2D eigenvalue weighted by molar-refractivity contribution is 0.430. The minimum absolute atomic E-state index is 0.158. The van der Waals surface area contributed by atoms with Gasteiger partial charge in [0, 0.05) is 18.3 Å². The third-order valence-electron chi connectivity index (χ3n) is 4.49. The van der Waals surface area contributed by atoms with E-state index in [9.17, 15) is 8.42 Å². The first-order valence-corrected chi connectivity index (χ1v) is 9.65. The molecule has 132 valence electrons. The second kappa shape index (κ2) is 6.19. The molecule has 2 heterocycles. The summed E-state index contributed by atoms with van der Waals surface area (Å²) >= 11 is 0. The molecule has 1 aliphatic rings. The topological polar surface area (TPSA) is 89.2 Å². The highest BCUT2D eigenvalue weighted by atomic mass is 32.2. The van der Waals surface area contributed by atoms with E-state index in [1.807, 2.05) is 37.3 Å². The third-order valence-corrected chi connectivity index (χ3v) is 6.30. The van der Waals surface area contributed by atoms with Crippen molar-refractivity contribution in [2.45, 2.75) is 24.9 Å². The molecule has 0 bridgehead atoms. The fourth-order valence-corrected chi connectivity index (χ4v) is 4.48. The lowest BCUT2D eigenvalue weighted by Crippen LogP contribution is -2.25. The molecular weight excluding hydrogens is 348 g/mol. The number of fused-ring (bicyclic) bond motifs is 1. The SMILES string of the molecule is Cc1cccc(-c2ccc(S(=O)(=O)N3Cc4cnc(N)nc4C3)cc2)c1. The van der Waals surface area contributed by atoms with Gasteiger partial charge in [0.05, 0.1) is 17.1 Å². The monoisotopic (exact) mass is 366 g/mol. The normalized spacial score (nSPS) is 14.3. The highest BCUT2D eigenvalue weighted by Gasteiger charge is 2.31. The smallest absolute Gasteiger partial charge is 0.243 e. The quantitative estimate of drug-likeness (QED) is 0.770. The number of hydrogen-bond acceptors (Lipinski definition) is 5. The zero-order valence-corrected chi connectivity index (χ0v) is 15.1. The summed E-state index contributed by atoms with van der Waals surface area (Å²) in [5.41, 5.74) is 10.3. The van der Waals surface area contributed by atoms with Crippen molar-refractivity contribution in [3.63, 3.8) is 0 Å². The number of aryl methyl sites for hydroxylation is 1. The van der Waals surface area contributed by atoms with Crippen LogP contribution < -0.4 is 5.73 Å². The van der Waals surface area contributed by atoms with Crippen LogP contribution in [-0.2, 0) is 23.1 Å². The number of sulfonamides is 1. The van der Waals surface area contributed by atoms with Crippen LogP contribution in [0.15, 0.2) is 59.6 Å². The van der Waals surface area contributed by atoms with Gasteiger partial charge in [0.25, 0.3) is 0 Å². The van der Waals surface area contributed by atoms with Crippen molar-refractivity contribution in [1.82, 2.24) is 14.3 Å². The first kappa shape index (κ1) is 16.7. The average molecular weight is 366 g/mol. The summed E-state index contributed by atoms with van der Waals surface area (Å²) in [6.45, 7) is 2.50. The van der Waals surface area contributed by atoms with E-state index in [0.29, 0.717) is 5.69 Å². The molecule has 3 aromatic rings. The highest BCUT2D eigenvalue weighted by molar-refractivity contribution is 7.89. The van der Waals surface area contributed by atoms with Crippen molar-refractivity contribution >= 4 is 16.0 Å². The lowest BCUT2D eigenvalue weighted by Gasteiger charge is -2.15. The number of aromatic nitrogens is 2. The summed E-state index contributed by atoms with van der Waals surface area (Å²) in [5.74, 6) is 0.158. The van der Waals surface area contributed by atoms with Crippen LogP contribution in [0, 0.1) is 6.92 Å². The van der Waals surface area contributed by atoms with Crippen LogP contribution in [0.4, 0.5) is 5.95 Å². The summed E-state index contributed by atoms with van der Waals surface area (Å²) in [4.78, 5) is 8.34. The molecule has 2 N–H and O–H groups in total. The minimum atomic E-state index is -3.60. The van der Waals surface area contributed by atoms with Crippen LogP contribution in [0.3, 0.4) is 0 Å². The Morgan fingerprint density at radius 1 is 1.04 bits per heavy atom. The van der Waals surface area contributed by atoms with E-state index in [1.54, 1.807) is 18.3 Å². The largest absolute Gasteiger partial charge is 0.368 e. The Morgan fingerprint density at radius 3 is 2.54 bits per heavy atom. The molecule has 1 aliphatic heterocycles. The fourth-order valence-electron chi connectivity index (χ4n) is 3.10. The molecule has 0 aliphatic carbocycles. The summed E-state index contributed by atoms with van der Waals surface area (Å²) in [6.07, 6.45) is 1.59. The Labute approximate surface area is 152 Å². The van der Waals surface area contributed by atoms with Crippen molar-refractivity contribution in [2.24, 2.45) is 0 Å². The van der Waals surface area contributed by atoms with Gasteiger partial charge in [-0.05, 0) is 30.2 Å². The van der Waals surface area contributed by atoms with Crippen LogP contribution in [0.5, 0.6) is 0 Å². The molecule has 0 atom stereocenters. The van der Waals surface area contributed by atoms with Crippen molar-refractivity contribution in [1.29, 1.82) is 0 Å². The van der Waals surface area contributed by atoms with Gasteiger partial charge in [0.2, 0.25) is 16.0 Å². The molecule has 26 heavy (non-hydrogen) atoms. The van der Waals surface area contributed by atoms with E-state index < -0.39 is 10.0 Å². The van der Waals surface area contributed by atoms with Crippen molar-refractivity contribution in [2.75, 3.05) is 5.73 Å². The Balaban J connectivity index is 1.61. The maximum absolute atomic E-state index is 12.9. The lowest BCUT2D eigenvalue weighted by atomic mass is 10.0. The molecule has 0 saturated heterocycles. The molecule has 2 aromatic carbocycles. The van der Waals surface area contributed by atoms with Gasteiger partial charge in [0.15, 0.2) is 0 Å². The van der Waals surface area contributed by atoms with Crippen molar-refractivity contribution < 1.29 is 8.42 Å². The van der Waals surface area contributed by atoms with Crippen LogP contribution in [0.2, 0.25) is 0 Å². The molecule has 6 nitrogen and oxygen atoms in total. The van der Waals surface area contributed by atoms with Crippen LogP contribution in [0.25, 0.3) is 11.1 Å². The van der Waals surface area contributed by atoms with Gasteiger partial charge in [0.1, 0.15) is 0 Å². The Kier molecular flexibility index (Phi) is 3.97. The van der Waals surface area contributed by atoms with Gasteiger partial charge in [-0.2, -0.15) is 4.31 Å². The second-order valence-electron chi connectivity index (χ2n) is 6.37. The molecule has 0 saturated carbocycles. The first-order chi connectivity index (χ1) is 12.4. The van der Waals surface area contributed by atoms with Crippen LogP contribution >= 0.6 is 0 Å². The van der Waals surface area contributed by atoms with Gasteiger partial charge < -0.3 is 5.73 Å². The number of rotatable bonds is 3. The number of nitrogen functional groups attached to an aromatic ring is 1. The standard InChI is InChI=1S/C19H18N4O2S/c1-13-3-2-4-15(9-13)14-5-7-17(8-6-14)26(24,25)23-11-16-10-21-19(20)22-18(16)12-23/h2-10H,11-12H2,1H3,(H2,20,21,22). The summed E-state index contributed by atoms with van der Waals surface area (Å²) in [7, 11) is -3.60. The maximum atomic E-state index is 12.9. The number of anilines is 1. The number of nitrogens with zero attached hydrogens (tertiary/aromatic N) is 3. The average Bonchev–Trinajstić information content (AvgIpc) is 3.06. The Hall–Kier alpha value is -2.77. The van der Waals surface area contributed by atoms with E-state index in [1.165, 1.54) is 4.31 Å². The van der Waals surface area contributed by atoms with E-state index in [4.69, 9.17) is 5.73 Å². The molecule has 0 spiro atoms. The number of hydrogen-bond donors (Lipinski definition) is 1. The first-order valence-electron chi connectivity index (χ1n) is 8.21. The predicted molar refractivity (Wildman–Crippen MR) is 99.5 cm³/mol.